The van der Waals surface area contributed by atoms with E-state index in [2.05, 4.69) is 41.4 Å². The molecule has 0 spiro atoms. The van der Waals surface area contributed by atoms with Crippen molar-refractivity contribution in [3.05, 3.63) is 47.2 Å². The number of aryl methyl sites for hydroxylation is 2. The first-order valence-corrected chi connectivity index (χ1v) is 6.30. The summed E-state index contributed by atoms with van der Waals surface area (Å²) in [5, 5.41) is 7.90. The molecule has 1 unspecified atom stereocenters. The van der Waals surface area contributed by atoms with Gasteiger partial charge in [0, 0.05) is 13.5 Å². The monoisotopic (exact) mass is 245 g/mol. The van der Waals surface area contributed by atoms with E-state index in [1.54, 1.807) is 6.92 Å². The smallest absolute Gasteiger partial charge is 0.221 e. The fourth-order valence-electron chi connectivity index (χ4n) is 1.94. The molecule has 0 saturated heterocycles. The maximum absolute atomic E-state index is 5.79. The first kappa shape index (κ1) is 12.8. The van der Waals surface area contributed by atoms with Gasteiger partial charge >= 0.3 is 0 Å². The summed E-state index contributed by atoms with van der Waals surface area (Å²) >= 11 is 0. The molecule has 0 aliphatic carbocycles. The molecule has 96 valence electrons. The Bertz CT molecular complexity index is 490. The van der Waals surface area contributed by atoms with Crippen molar-refractivity contribution in [2.24, 2.45) is 5.73 Å². The van der Waals surface area contributed by atoms with Crippen LogP contribution in [0.5, 0.6) is 0 Å². The molecule has 4 heteroatoms. The Kier molecular flexibility index (Phi) is 4.10. The van der Waals surface area contributed by atoms with Crippen molar-refractivity contribution in [3.8, 4) is 0 Å². The van der Waals surface area contributed by atoms with Crippen LogP contribution in [0.4, 0.5) is 0 Å². The Morgan fingerprint density at radius 1 is 1.17 bits per heavy atom. The van der Waals surface area contributed by atoms with E-state index < -0.39 is 0 Å². The predicted octanol–water partition coefficient (Wildman–Crippen LogP) is 2.23. The minimum Gasteiger partial charge on any atom is -0.425 e. The largest absolute Gasteiger partial charge is 0.425 e. The van der Waals surface area contributed by atoms with Gasteiger partial charge in [-0.25, -0.2) is 0 Å². The molecule has 1 aromatic carbocycles. The Morgan fingerprint density at radius 3 is 2.33 bits per heavy atom. The van der Waals surface area contributed by atoms with Gasteiger partial charge in [-0.3, -0.25) is 0 Å². The average Bonchev–Trinajstić information content (AvgIpc) is 2.83. The summed E-state index contributed by atoms with van der Waals surface area (Å²) in [5.41, 5.74) is 8.38. The lowest BCUT2D eigenvalue weighted by Gasteiger charge is -2.10. The highest BCUT2D eigenvalue weighted by molar-refractivity contribution is 5.23. The number of hydrogen-bond acceptors (Lipinski definition) is 4. The molecule has 0 radical (unpaired) electrons. The van der Waals surface area contributed by atoms with E-state index >= 15 is 0 Å². The van der Waals surface area contributed by atoms with Gasteiger partial charge < -0.3 is 10.2 Å². The number of rotatable bonds is 5. The fraction of sp³-hybridized carbons (Fsp3) is 0.429. The van der Waals surface area contributed by atoms with Crippen molar-refractivity contribution in [2.45, 2.75) is 32.6 Å². The van der Waals surface area contributed by atoms with Crippen molar-refractivity contribution in [3.63, 3.8) is 0 Å². The van der Waals surface area contributed by atoms with E-state index in [4.69, 9.17) is 10.2 Å². The van der Waals surface area contributed by atoms with Crippen LogP contribution in [0.1, 0.15) is 35.7 Å². The van der Waals surface area contributed by atoms with Crippen LogP contribution in [0.3, 0.4) is 0 Å². The lowest BCUT2D eigenvalue weighted by atomic mass is 9.98. The zero-order chi connectivity index (χ0) is 13.0. The number of nitrogens with zero attached hydrogens (tertiary/aromatic N) is 2. The maximum atomic E-state index is 5.79. The molecule has 0 amide bonds. The summed E-state index contributed by atoms with van der Waals surface area (Å²) in [6, 6.07) is 8.60. The van der Waals surface area contributed by atoms with E-state index in [1.165, 1.54) is 11.1 Å². The normalized spacial score (nSPS) is 12.6. The van der Waals surface area contributed by atoms with E-state index in [-0.39, 0.29) is 5.92 Å². The highest BCUT2D eigenvalue weighted by Crippen LogP contribution is 2.19. The van der Waals surface area contributed by atoms with E-state index in [9.17, 15) is 0 Å². The van der Waals surface area contributed by atoms with Gasteiger partial charge in [0.2, 0.25) is 11.8 Å². The third kappa shape index (κ3) is 2.96. The Hall–Kier alpha value is -1.68. The number of nitrogens with two attached hydrogens (primary N) is 1. The summed E-state index contributed by atoms with van der Waals surface area (Å²) < 4.78 is 5.45. The number of aromatic nitrogens is 2. The molecular formula is C14H19N3O. The molecule has 2 N–H and O–H groups in total. The van der Waals surface area contributed by atoms with Crippen molar-refractivity contribution in [1.82, 2.24) is 10.2 Å². The van der Waals surface area contributed by atoms with Crippen LogP contribution in [0, 0.1) is 6.92 Å². The minimum atomic E-state index is 0.0960. The second-order valence-electron chi connectivity index (χ2n) is 4.47. The summed E-state index contributed by atoms with van der Waals surface area (Å²) in [6.45, 7) is 4.45. The highest BCUT2D eigenvalue weighted by Gasteiger charge is 2.16. The minimum absolute atomic E-state index is 0.0960. The topological polar surface area (TPSA) is 64.9 Å². The van der Waals surface area contributed by atoms with Gasteiger partial charge in [0.15, 0.2) is 0 Å². The van der Waals surface area contributed by atoms with E-state index in [0.29, 0.717) is 18.3 Å². The molecule has 1 heterocycles. The lowest BCUT2D eigenvalue weighted by Crippen LogP contribution is -2.15. The maximum Gasteiger partial charge on any atom is 0.221 e. The quantitative estimate of drug-likeness (QED) is 0.877. The van der Waals surface area contributed by atoms with Gasteiger partial charge in [-0.05, 0) is 24.0 Å². The molecule has 0 bridgehead atoms. The zero-order valence-corrected chi connectivity index (χ0v) is 10.9. The van der Waals surface area contributed by atoms with Crippen LogP contribution >= 0.6 is 0 Å². The van der Waals surface area contributed by atoms with E-state index in [0.717, 1.165) is 12.8 Å². The van der Waals surface area contributed by atoms with Crippen molar-refractivity contribution >= 4 is 0 Å². The molecule has 0 aliphatic rings. The SMILES string of the molecule is CCc1ccc(CC(CN)c2nnc(C)o2)cc1. The first-order valence-electron chi connectivity index (χ1n) is 6.30. The van der Waals surface area contributed by atoms with Crippen LogP contribution in [0.25, 0.3) is 0 Å². The summed E-state index contributed by atoms with van der Waals surface area (Å²) in [6.07, 6.45) is 1.89. The second-order valence-corrected chi connectivity index (χ2v) is 4.47. The van der Waals surface area contributed by atoms with Crippen molar-refractivity contribution in [2.75, 3.05) is 6.54 Å². The molecule has 0 fully saturated rings. The molecule has 1 atom stereocenters. The van der Waals surface area contributed by atoms with Gasteiger partial charge in [0.1, 0.15) is 0 Å². The summed E-state index contributed by atoms with van der Waals surface area (Å²) in [4.78, 5) is 0. The van der Waals surface area contributed by atoms with Crippen molar-refractivity contribution < 1.29 is 4.42 Å². The molecule has 0 aliphatic heterocycles. The van der Waals surface area contributed by atoms with Crippen LogP contribution in [-0.2, 0) is 12.8 Å². The lowest BCUT2D eigenvalue weighted by molar-refractivity contribution is 0.427. The van der Waals surface area contributed by atoms with Crippen LogP contribution in [0.2, 0.25) is 0 Å². The molecule has 2 aromatic rings. The summed E-state index contributed by atoms with van der Waals surface area (Å²) in [5.74, 6) is 1.32. The van der Waals surface area contributed by atoms with Crippen LogP contribution < -0.4 is 5.73 Å². The molecule has 2 rings (SSSR count). The fourth-order valence-corrected chi connectivity index (χ4v) is 1.94. The molecular weight excluding hydrogens is 226 g/mol. The second kappa shape index (κ2) is 5.78. The van der Waals surface area contributed by atoms with Crippen molar-refractivity contribution in [1.29, 1.82) is 0 Å². The molecule has 4 nitrogen and oxygen atoms in total. The van der Waals surface area contributed by atoms with Gasteiger partial charge in [0.25, 0.3) is 0 Å². The first-order chi connectivity index (χ1) is 8.72. The third-order valence-corrected chi connectivity index (χ3v) is 3.09. The van der Waals surface area contributed by atoms with Gasteiger partial charge in [-0.2, -0.15) is 0 Å². The van der Waals surface area contributed by atoms with Crippen LogP contribution in [-0.4, -0.2) is 16.7 Å². The average molecular weight is 245 g/mol. The van der Waals surface area contributed by atoms with Gasteiger partial charge in [-0.1, -0.05) is 31.2 Å². The molecule has 0 saturated carbocycles. The Labute approximate surface area is 107 Å². The Morgan fingerprint density at radius 2 is 1.83 bits per heavy atom. The Balaban J connectivity index is 2.10. The van der Waals surface area contributed by atoms with E-state index in [1.807, 2.05) is 0 Å². The molecule has 1 aromatic heterocycles. The zero-order valence-electron chi connectivity index (χ0n) is 10.9. The van der Waals surface area contributed by atoms with Gasteiger partial charge in [-0.15, -0.1) is 10.2 Å². The predicted molar refractivity (Wildman–Crippen MR) is 70.4 cm³/mol. The van der Waals surface area contributed by atoms with Gasteiger partial charge in [0.05, 0.1) is 5.92 Å². The number of benzene rings is 1. The number of hydrogen-bond donors (Lipinski definition) is 1. The van der Waals surface area contributed by atoms with Crippen LogP contribution in [0.15, 0.2) is 28.7 Å². The third-order valence-electron chi connectivity index (χ3n) is 3.09. The standard InChI is InChI=1S/C14H19N3O/c1-3-11-4-6-12(7-5-11)8-13(9-15)14-17-16-10(2)18-14/h4-7,13H,3,8-9,15H2,1-2H3. The summed E-state index contributed by atoms with van der Waals surface area (Å²) in [7, 11) is 0. The molecule has 18 heavy (non-hydrogen) atoms. The highest BCUT2D eigenvalue weighted by atomic mass is 16.4.